The third kappa shape index (κ3) is 2.54. The van der Waals surface area contributed by atoms with E-state index in [1.54, 1.807) is 54.5 Å². The van der Waals surface area contributed by atoms with Crippen molar-refractivity contribution in [2.45, 2.75) is 19.4 Å². The molecular formula is C20H18N2O4. The zero-order valence-electron chi connectivity index (χ0n) is 14.4. The van der Waals surface area contributed by atoms with Crippen LogP contribution in [0.15, 0.2) is 42.5 Å². The van der Waals surface area contributed by atoms with Gasteiger partial charge in [0.15, 0.2) is 0 Å². The number of fused-ring (bicyclic) bond motifs is 1. The second-order valence-electron chi connectivity index (χ2n) is 6.41. The number of hydrogen-bond donors (Lipinski definition) is 0. The van der Waals surface area contributed by atoms with E-state index in [2.05, 4.69) is 0 Å². The molecule has 0 spiro atoms. The molecule has 1 fully saturated rings. The summed E-state index contributed by atoms with van der Waals surface area (Å²) in [5.74, 6) is 0.0705. The quantitative estimate of drug-likeness (QED) is 0.795. The number of carbonyl (C=O) groups is 3. The highest BCUT2D eigenvalue weighted by molar-refractivity contribution is 6.34. The molecule has 0 aromatic heterocycles. The second kappa shape index (κ2) is 6.29. The lowest BCUT2D eigenvalue weighted by Crippen LogP contribution is -2.30. The van der Waals surface area contributed by atoms with Crippen LogP contribution < -0.4 is 9.64 Å². The Morgan fingerprint density at radius 1 is 1.00 bits per heavy atom. The summed E-state index contributed by atoms with van der Waals surface area (Å²) in [5, 5.41) is 0. The molecule has 0 bridgehead atoms. The normalized spacial score (nSPS) is 16.4. The minimum atomic E-state index is -0.334. The van der Waals surface area contributed by atoms with E-state index >= 15 is 0 Å². The minimum Gasteiger partial charge on any atom is -0.496 e. The topological polar surface area (TPSA) is 66.9 Å². The predicted octanol–water partition coefficient (Wildman–Crippen LogP) is 2.62. The van der Waals surface area contributed by atoms with Gasteiger partial charge in [-0.05, 0) is 36.8 Å². The molecule has 0 saturated carbocycles. The van der Waals surface area contributed by atoms with Crippen molar-refractivity contribution in [3.63, 3.8) is 0 Å². The van der Waals surface area contributed by atoms with Crippen LogP contribution in [-0.2, 0) is 11.3 Å². The van der Waals surface area contributed by atoms with Crippen molar-refractivity contribution in [1.29, 1.82) is 0 Å². The van der Waals surface area contributed by atoms with Crippen molar-refractivity contribution in [1.82, 2.24) is 4.90 Å². The van der Waals surface area contributed by atoms with Crippen LogP contribution in [0.4, 0.5) is 5.69 Å². The van der Waals surface area contributed by atoms with E-state index in [0.717, 1.165) is 12.0 Å². The van der Waals surface area contributed by atoms with Gasteiger partial charge in [0, 0.05) is 25.1 Å². The van der Waals surface area contributed by atoms with Crippen molar-refractivity contribution in [2.75, 3.05) is 18.6 Å². The summed E-state index contributed by atoms with van der Waals surface area (Å²) in [6.07, 6.45) is 1.40. The average Bonchev–Trinajstić information content (AvgIpc) is 3.17. The number of carbonyl (C=O) groups excluding carboxylic acids is 3. The summed E-state index contributed by atoms with van der Waals surface area (Å²) in [6, 6.07) is 12.0. The average molecular weight is 350 g/mol. The molecule has 2 heterocycles. The molecule has 0 N–H and O–H groups in total. The van der Waals surface area contributed by atoms with Crippen molar-refractivity contribution in [2.24, 2.45) is 0 Å². The number of imide groups is 1. The predicted molar refractivity (Wildman–Crippen MR) is 95.2 cm³/mol. The van der Waals surface area contributed by atoms with E-state index in [0.29, 0.717) is 42.1 Å². The summed E-state index contributed by atoms with van der Waals surface area (Å²) < 4.78 is 5.40. The highest BCUT2D eigenvalue weighted by Crippen LogP contribution is 2.32. The van der Waals surface area contributed by atoms with Gasteiger partial charge >= 0.3 is 0 Å². The van der Waals surface area contributed by atoms with Crippen LogP contribution >= 0.6 is 0 Å². The Labute approximate surface area is 151 Å². The Kier molecular flexibility index (Phi) is 3.95. The van der Waals surface area contributed by atoms with Gasteiger partial charge in [0.1, 0.15) is 5.75 Å². The van der Waals surface area contributed by atoms with Gasteiger partial charge in [0.25, 0.3) is 11.8 Å². The third-order valence-electron chi connectivity index (χ3n) is 4.85. The van der Waals surface area contributed by atoms with Gasteiger partial charge in [-0.1, -0.05) is 12.1 Å². The first-order valence-electron chi connectivity index (χ1n) is 8.52. The molecule has 0 unspecified atom stereocenters. The Morgan fingerprint density at radius 2 is 1.69 bits per heavy atom. The number of amides is 3. The maximum atomic E-state index is 12.7. The number of anilines is 1. The van der Waals surface area contributed by atoms with Crippen LogP contribution in [0, 0.1) is 0 Å². The lowest BCUT2D eigenvalue weighted by Gasteiger charge is -2.20. The zero-order chi connectivity index (χ0) is 18.3. The monoisotopic (exact) mass is 350 g/mol. The van der Waals surface area contributed by atoms with Gasteiger partial charge in [-0.25, -0.2) is 4.90 Å². The van der Waals surface area contributed by atoms with Crippen LogP contribution in [0.5, 0.6) is 5.75 Å². The molecule has 132 valence electrons. The lowest BCUT2D eigenvalue weighted by atomic mass is 10.1. The molecule has 4 rings (SSSR count). The summed E-state index contributed by atoms with van der Waals surface area (Å²) in [5.41, 5.74) is 2.07. The van der Waals surface area contributed by atoms with E-state index in [4.69, 9.17) is 4.74 Å². The van der Waals surface area contributed by atoms with Crippen LogP contribution in [0.3, 0.4) is 0 Å². The van der Waals surface area contributed by atoms with Crippen LogP contribution in [-0.4, -0.2) is 36.3 Å². The summed E-state index contributed by atoms with van der Waals surface area (Å²) in [4.78, 5) is 40.2. The Morgan fingerprint density at radius 3 is 2.27 bits per heavy atom. The maximum absolute atomic E-state index is 12.7. The first-order chi connectivity index (χ1) is 12.6. The molecule has 2 aromatic carbocycles. The third-order valence-corrected chi connectivity index (χ3v) is 4.85. The summed E-state index contributed by atoms with van der Waals surface area (Å²) in [7, 11) is 1.56. The molecular weight excluding hydrogens is 332 g/mol. The molecule has 6 heteroatoms. The highest BCUT2D eigenvalue weighted by Gasteiger charge is 2.36. The van der Waals surface area contributed by atoms with Crippen molar-refractivity contribution >= 4 is 23.4 Å². The molecule has 26 heavy (non-hydrogen) atoms. The van der Waals surface area contributed by atoms with E-state index in [-0.39, 0.29) is 17.7 Å². The fourth-order valence-electron chi connectivity index (χ4n) is 3.53. The number of rotatable bonds is 4. The Hall–Kier alpha value is -3.15. The second-order valence-corrected chi connectivity index (χ2v) is 6.41. The Balaban J connectivity index is 1.70. The number of hydrogen-bond acceptors (Lipinski definition) is 4. The first kappa shape index (κ1) is 16.3. The molecule has 0 atom stereocenters. The zero-order valence-corrected chi connectivity index (χ0v) is 14.4. The summed E-state index contributed by atoms with van der Waals surface area (Å²) in [6.45, 7) is 1.11. The molecule has 0 radical (unpaired) electrons. The van der Waals surface area contributed by atoms with Crippen LogP contribution in [0.1, 0.15) is 39.1 Å². The molecule has 2 aliphatic heterocycles. The van der Waals surface area contributed by atoms with E-state index in [1.807, 2.05) is 0 Å². The molecule has 2 aromatic rings. The van der Waals surface area contributed by atoms with Crippen LogP contribution in [0.2, 0.25) is 0 Å². The van der Waals surface area contributed by atoms with Gasteiger partial charge in [-0.3, -0.25) is 14.4 Å². The lowest BCUT2D eigenvalue weighted by molar-refractivity contribution is -0.128. The number of nitrogens with zero attached hydrogens (tertiary/aromatic N) is 2. The fraction of sp³-hybridized carbons (Fsp3) is 0.250. The summed E-state index contributed by atoms with van der Waals surface area (Å²) >= 11 is 0. The van der Waals surface area contributed by atoms with Crippen LogP contribution in [0.25, 0.3) is 0 Å². The smallest absolute Gasteiger partial charge is 0.266 e. The van der Waals surface area contributed by atoms with Gasteiger partial charge in [0.05, 0.1) is 23.9 Å². The Bertz CT molecular complexity index is 887. The largest absolute Gasteiger partial charge is 0.496 e. The van der Waals surface area contributed by atoms with Gasteiger partial charge in [-0.15, -0.1) is 0 Å². The first-order valence-corrected chi connectivity index (χ1v) is 8.52. The molecule has 3 amide bonds. The van der Waals surface area contributed by atoms with Gasteiger partial charge in [0.2, 0.25) is 5.91 Å². The molecule has 2 aliphatic rings. The molecule has 0 aliphatic carbocycles. The minimum absolute atomic E-state index is 0.109. The number of ether oxygens (including phenoxy) is 1. The van der Waals surface area contributed by atoms with E-state index in [9.17, 15) is 14.4 Å². The maximum Gasteiger partial charge on any atom is 0.266 e. The van der Waals surface area contributed by atoms with E-state index in [1.165, 1.54) is 4.90 Å². The highest BCUT2D eigenvalue weighted by atomic mass is 16.5. The van der Waals surface area contributed by atoms with Gasteiger partial charge < -0.3 is 9.64 Å². The van der Waals surface area contributed by atoms with Crippen molar-refractivity contribution in [3.05, 3.63) is 59.2 Å². The molecule has 6 nitrogen and oxygen atoms in total. The van der Waals surface area contributed by atoms with Crippen molar-refractivity contribution < 1.29 is 19.1 Å². The fourth-order valence-corrected chi connectivity index (χ4v) is 3.53. The van der Waals surface area contributed by atoms with E-state index < -0.39 is 0 Å². The number of methoxy groups -OCH3 is 1. The number of benzene rings is 2. The SMILES string of the molecule is COc1ccc(N2C(=O)c3ccccc3C2=O)cc1CN1CCCC1=O. The van der Waals surface area contributed by atoms with Gasteiger partial charge in [-0.2, -0.15) is 0 Å². The molecule has 1 saturated heterocycles. The number of likely N-dealkylation sites (tertiary alicyclic amines) is 1. The standard InChI is InChI=1S/C20H18N2O4/c1-26-17-9-8-14(11-13(17)12-21-10-4-7-18(21)23)22-19(24)15-5-2-3-6-16(15)20(22)25/h2-3,5-6,8-9,11H,4,7,10,12H2,1H3. The van der Waals surface area contributed by atoms with Crippen molar-refractivity contribution in [3.8, 4) is 5.75 Å².